The van der Waals surface area contributed by atoms with E-state index in [0.29, 0.717) is 25.4 Å². The third-order valence-electron chi connectivity index (χ3n) is 4.36. The molecule has 0 saturated carbocycles. The third-order valence-corrected chi connectivity index (χ3v) is 7.61. The van der Waals surface area contributed by atoms with Crippen LogP contribution in [0.5, 0.6) is 0 Å². The maximum atomic E-state index is 13.2. The fourth-order valence-corrected chi connectivity index (χ4v) is 4.36. The SMILES string of the molecule is OC(c1ccc2c(c1)c(I)c(I)n2Cc1ccccc1)(C(F)(F)F)C(F)(F)F. The molecule has 0 aliphatic rings. The van der Waals surface area contributed by atoms with E-state index in [9.17, 15) is 31.4 Å². The Morgan fingerprint density at radius 2 is 1.43 bits per heavy atom. The minimum atomic E-state index is -5.91. The molecule has 0 aliphatic carbocycles. The number of nitrogens with zero attached hydrogens (tertiary/aromatic N) is 1. The van der Waals surface area contributed by atoms with Crippen molar-refractivity contribution in [1.82, 2.24) is 4.57 Å². The first-order chi connectivity index (χ1) is 12.9. The van der Waals surface area contributed by atoms with E-state index in [1.807, 2.05) is 75.5 Å². The van der Waals surface area contributed by atoms with Gasteiger partial charge in [-0.1, -0.05) is 36.4 Å². The van der Waals surface area contributed by atoms with Crippen LogP contribution in [0.2, 0.25) is 0 Å². The van der Waals surface area contributed by atoms with Gasteiger partial charge in [0, 0.05) is 17.5 Å². The number of aromatic nitrogens is 1. The number of aliphatic hydroxyl groups is 1. The van der Waals surface area contributed by atoms with Gasteiger partial charge in [-0.25, -0.2) is 0 Å². The zero-order valence-electron chi connectivity index (χ0n) is 13.7. The predicted octanol–water partition coefficient (Wildman–Crippen LogP) is 6.21. The van der Waals surface area contributed by atoms with E-state index in [0.717, 1.165) is 11.6 Å². The highest BCUT2D eigenvalue weighted by Crippen LogP contribution is 2.50. The Balaban J connectivity index is 2.19. The monoisotopic (exact) mass is 625 g/mol. The average molecular weight is 625 g/mol. The highest BCUT2D eigenvalue weighted by Gasteiger charge is 2.71. The van der Waals surface area contributed by atoms with Crippen molar-refractivity contribution >= 4 is 56.1 Å². The molecule has 1 N–H and O–H groups in total. The van der Waals surface area contributed by atoms with Gasteiger partial charge in [0.2, 0.25) is 0 Å². The summed E-state index contributed by atoms with van der Waals surface area (Å²) in [5.41, 5.74) is -4.79. The van der Waals surface area contributed by atoms with Gasteiger partial charge in [-0.05, 0) is 62.9 Å². The number of hydrogen-bond acceptors (Lipinski definition) is 1. The molecule has 0 radical (unpaired) electrons. The van der Waals surface area contributed by atoms with Gasteiger partial charge in [0.25, 0.3) is 5.60 Å². The molecule has 3 aromatic rings. The maximum Gasteiger partial charge on any atom is 0.430 e. The largest absolute Gasteiger partial charge is 0.430 e. The Kier molecular flexibility index (Phi) is 5.69. The summed E-state index contributed by atoms with van der Waals surface area (Å²) in [6.45, 7) is 0.404. The standard InChI is InChI=1S/C18H11F6I2NO/c19-17(20,21)16(28,18(22,23)24)11-6-7-13-12(8-11)14(25)15(26)27(13)9-10-4-2-1-3-5-10/h1-8,28H,9H2. The lowest BCUT2D eigenvalue weighted by molar-refractivity contribution is -0.376. The minimum absolute atomic E-state index is 0.213. The fourth-order valence-electron chi connectivity index (χ4n) is 2.92. The molecule has 0 atom stereocenters. The van der Waals surface area contributed by atoms with Crippen molar-refractivity contribution < 1.29 is 31.4 Å². The second kappa shape index (κ2) is 7.35. The lowest BCUT2D eigenvalue weighted by Gasteiger charge is -2.32. The molecule has 1 aromatic heterocycles. The Hall–Kier alpha value is -1.02. The molecule has 150 valence electrons. The van der Waals surface area contributed by atoms with Gasteiger partial charge in [0.15, 0.2) is 0 Å². The number of benzene rings is 2. The number of halogens is 8. The Labute approximate surface area is 182 Å². The number of hydrogen-bond donors (Lipinski definition) is 1. The molecule has 0 saturated heterocycles. The minimum Gasteiger partial charge on any atom is -0.369 e. The summed E-state index contributed by atoms with van der Waals surface area (Å²) in [5.74, 6) is 0. The van der Waals surface area contributed by atoms with Gasteiger partial charge >= 0.3 is 12.4 Å². The van der Waals surface area contributed by atoms with E-state index in [-0.39, 0.29) is 5.39 Å². The molecule has 10 heteroatoms. The van der Waals surface area contributed by atoms with Crippen LogP contribution in [-0.2, 0) is 12.1 Å². The van der Waals surface area contributed by atoms with Crippen LogP contribution < -0.4 is 0 Å². The van der Waals surface area contributed by atoms with E-state index in [2.05, 4.69) is 0 Å². The summed E-state index contributed by atoms with van der Waals surface area (Å²) in [6.07, 6.45) is -11.8. The van der Waals surface area contributed by atoms with Crippen molar-refractivity contribution in [3.8, 4) is 0 Å². The molecule has 0 amide bonds. The quantitative estimate of drug-likeness (QED) is 0.272. The first-order valence-corrected chi connectivity index (χ1v) is 9.91. The van der Waals surface area contributed by atoms with Crippen LogP contribution >= 0.6 is 45.2 Å². The van der Waals surface area contributed by atoms with Crippen molar-refractivity contribution in [2.24, 2.45) is 0 Å². The molecule has 3 rings (SSSR count). The molecular formula is C18H11F6I2NO. The van der Waals surface area contributed by atoms with Gasteiger partial charge in [0.05, 0.1) is 12.8 Å². The van der Waals surface area contributed by atoms with Crippen molar-refractivity contribution in [1.29, 1.82) is 0 Å². The zero-order chi connectivity index (χ0) is 20.9. The van der Waals surface area contributed by atoms with Crippen LogP contribution in [0.1, 0.15) is 11.1 Å². The summed E-state index contributed by atoms with van der Waals surface area (Å²) in [7, 11) is 0. The molecule has 0 aliphatic heterocycles. The molecule has 0 spiro atoms. The molecule has 0 bridgehead atoms. The van der Waals surface area contributed by atoms with Crippen LogP contribution in [0.25, 0.3) is 10.9 Å². The lowest BCUT2D eigenvalue weighted by Crippen LogP contribution is -2.53. The Morgan fingerprint density at radius 1 is 0.857 bits per heavy atom. The van der Waals surface area contributed by atoms with Crippen molar-refractivity contribution in [3.05, 3.63) is 66.9 Å². The molecule has 0 unspecified atom stereocenters. The van der Waals surface area contributed by atoms with Gasteiger partial charge in [0.1, 0.15) is 0 Å². The van der Waals surface area contributed by atoms with Crippen LogP contribution in [0.3, 0.4) is 0 Å². The summed E-state index contributed by atoms with van der Waals surface area (Å²) in [5, 5.41) is 9.87. The van der Waals surface area contributed by atoms with Crippen LogP contribution in [0, 0.1) is 7.27 Å². The van der Waals surface area contributed by atoms with Gasteiger partial charge < -0.3 is 9.67 Å². The third kappa shape index (κ3) is 3.51. The normalized spacial score (nSPS) is 13.3. The number of rotatable bonds is 3. The summed E-state index contributed by atoms with van der Waals surface area (Å²) in [4.78, 5) is 0. The summed E-state index contributed by atoms with van der Waals surface area (Å²) in [6, 6.07) is 11.9. The molecular weight excluding hydrogens is 614 g/mol. The topological polar surface area (TPSA) is 25.2 Å². The number of fused-ring (bicyclic) bond motifs is 1. The lowest BCUT2D eigenvalue weighted by atomic mass is 9.91. The van der Waals surface area contributed by atoms with E-state index in [4.69, 9.17) is 0 Å². The highest BCUT2D eigenvalue weighted by atomic mass is 127. The highest BCUT2D eigenvalue weighted by molar-refractivity contribution is 14.1. The van der Waals surface area contributed by atoms with Gasteiger partial charge in [-0.3, -0.25) is 0 Å². The summed E-state index contributed by atoms with van der Waals surface area (Å²) >= 11 is 3.88. The average Bonchev–Trinajstić information content (AvgIpc) is 2.84. The first kappa shape index (κ1) is 21.7. The van der Waals surface area contributed by atoms with E-state index in [1.54, 1.807) is 4.57 Å². The molecule has 0 fully saturated rings. The Morgan fingerprint density at radius 3 is 1.96 bits per heavy atom. The predicted molar refractivity (Wildman–Crippen MR) is 109 cm³/mol. The van der Waals surface area contributed by atoms with Crippen LogP contribution in [0.15, 0.2) is 48.5 Å². The molecule has 28 heavy (non-hydrogen) atoms. The van der Waals surface area contributed by atoms with Crippen LogP contribution in [0.4, 0.5) is 26.3 Å². The Bertz CT molecular complexity index is 997. The smallest absolute Gasteiger partial charge is 0.369 e. The second-order valence-corrected chi connectivity index (χ2v) is 8.21. The zero-order valence-corrected chi connectivity index (χ0v) is 18.1. The fraction of sp³-hybridized carbons (Fsp3) is 0.222. The van der Waals surface area contributed by atoms with E-state index < -0.39 is 23.5 Å². The molecule has 1 heterocycles. The first-order valence-electron chi connectivity index (χ1n) is 7.75. The second-order valence-electron chi connectivity index (χ2n) is 6.11. The van der Waals surface area contributed by atoms with Crippen molar-refractivity contribution in [3.63, 3.8) is 0 Å². The molecule has 2 nitrogen and oxygen atoms in total. The van der Waals surface area contributed by atoms with Gasteiger partial charge in [-0.15, -0.1) is 0 Å². The van der Waals surface area contributed by atoms with Gasteiger partial charge in [-0.2, -0.15) is 26.3 Å². The molecule has 2 aromatic carbocycles. The van der Waals surface area contributed by atoms with E-state index >= 15 is 0 Å². The van der Waals surface area contributed by atoms with E-state index in [1.165, 1.54) is 6.07 Å². The van der Waals surface area contributed by atoms with Crippen molar-refractivity contribution in [2.75, 3.05) is 0 Å². The van der Waals surface area contributed by atoms with Crippen LogP contribution in [-0.4, -0.2) is 22.0 Å². The summed E-state index contributed by atoms with van der Waals surface area (Å²) < 4.78 is 82.1. The van der Waals surface area contributed by atoms with Crippen molar-refractivity contribution in [2.45, 2.75) is 24.5 Å². The maximum absolute atomic E-state index is 13.2. The number of alkyl halides is 6.